The number of ether oxygens (including phenoxy) is 2. The molecule has 63 heavy (non-hydrogen) atoms. The smallest absolute Gasteiger partial charge is 0.168 e. The second-order valence-electron chi connectivity index (χ2n) is 17.4. The van der Waals surface area contributed by atoms with Gasteiger partial charge in [-0.2, -0.15) is 0 Å². The van der Waals surface area contributed by atoms with Gasteiger partial charge in [0.25, 0.3) is 0 Å². The van der Waals surface area contributed by atoms with E-state index in [0.29, 0.717) is 66.8 Å². The van der Waals surface area contributed by atoms with Crippen LogP contribution in [0.1, 0.15) is 111 Å². The molecule has 4 aromatic carbocycles. The molecular weight excluding hydrogens is 841 g/mol. The molecule has 4 aromatic rings. The van der Waals surface area contributed by atoms with Crippen LogP contribution in [0.25, 0.3) is 21.9 Å². The van der Waals surface area contributed by atoms with Gasteiger partial charge in [-0.25, -0.2) is 0 Å². The Labute approximate surface area is 377 Å². The minimum Gasteiger partial charge on any atom is -0.508 e. The fourth-order valence-corrected chi connectivity index (χ4v) is 12.7. The predicted octanol–water partition coefficient (Wildman–Crippen LogP) is 7.81. The van der Waals surface area contributed by atoms with Crippen LogP contribution >= 0.6 is 21.6 Å². The highest BCUT2D eigenvalue weighted by Crippen LogP contribution is 2.48. The third-order valence-electron chi connectivity index (χ3n) is 13.1. The Balaban J connectivity index is 1.28. The molecule has 1 fully saturated rings. The van der Waals surface area contributed by atoms with Crippen molar-refractivity contribution in [3.63, 3.8) is 0 Å². The summed E-state index contributed by atoms with van der Waals surface area (Å²) in [5, 5.41) is 73.0. The van der Waals surface area contributed by atoms with Crippen molar-refractivity contribution < 1.29 is 49.7 Å². The number of hydrogen-bond acceptors (Lipinski definition) is 14. The number of carbonyl (C=O) groups is 2. The second kappa shape index (κ2) is 21.9. The summed E-state index contributed by atoms with van der Waals surface area (Å²) < 4.78 is 13.1. The maximum atomic E-state index is 14.5. The van der Waals surface area contributed by atoms with E-state index in [9.17, 15) is 40.2 Å². The van der Waals surface area contributed by atoms with E-state index in [1.807, 2.05) is 36.4 Å². The first-order valence-corrected chi connectivity index (χ1v) is 24.7. The number of aromatic hydroxyl groups is 2. The zero-order valence-corrected chi connectivity index (χ0v) is 37.8. The Hall–Kier alpha value is -3.86. The molecule has 1 aliphatic carbocycles. The zero-order valence-electron chi connectivity index (χ0n) is 36.2. The van der Waals surface area contributed by atoms with E-state index in [-0.39, 0.29) is 85.4 Å². The maximum absolute atomic E-state index is 14.5. The summed E-state index contributed by atoms with van der Waals surface area (Å²) in [6.07, 6.45) is 3.82. The van der Waals surface area contributed by atoms with Crippen LogP contribution in [0.15, 0.2) is 54.6 Å². The molecule has 4 aliphatic rings. The van der Waals surface area contributed by atoms with Crippen LogP contribution in [0.4, 0.5) is 5.69 Å². The highest BCUT2D eigenvalue weighted by Gasteiger charge is 2.39. The van der Waals surface area contributed by atoms with Gasteiger partial charge in [-0.1, -0.05) is 45.9 Å². The number of anilines is 1. The number of carbonyl (C=O) groups excluding carboxylic acids is 2. The molecule has 0 spiro atoms. The highest BCUT2D eigenvalue weighted by molar-refractivity contribution is 8.76. The van der Waals surface area contributed by atoms with E-state index in [1.54, 1.807) is 39.8 Å². The minimum absolute atomic E-state index is 0.0174. The number of aliphatic hydroxyl groups excluding tert-OH is 4. The van der Waals surface area contributed by atoms with Gasteiger partial charge in [-0.3, -0.25) is 14.9 Å². The Morgan fingerprint density at radius 1 is 0.937 bits per heavy atom. The summed E-state index contributed by atoms with van der Waals surface area (Å²) in [7, 11) is 4.81. The average molecular weight is 903 g/mol. The van der Waals surface area contributed by atoms with Crippen molar-refractivity contribution in [1.82, 2.24) is 5.32 Å². The summed E-state index contributed by atoms with van der Waals surface area (Å²) >= 11 is 0. The van der Waals surface area contributed by atoms with Crippen LogP contribution in [0.5, 0.6) is 17.2 Å². The SMILES string of the molecule is COc1c(O)ccc2c1-c1ccc3ccc(O)cc3c1CSSC1CCC(CC1O)C(OC1NC(CCCO)CCC(CCO)c3cc(NCC(C)=O)c(CO)cc31)CC(=O)CC2. The normalized spacial score (nSPS) is 24.5. The van der Waals surface area contributed by atoms with Crippen molar-refractivity contribution >= 4 is 49.6 Å². The van der Waals surface area contributed by atoms with Gasteiger partial charge in [0, 0.05) is 59.9 Å². The van der Waals surface area contributed by atoms with Crippen LogP contribution < -0.4 is 15.4 Å². The molecule has 1 saturated carbocycles. The molecule has 3 heterocycles. The number of hydrogen-bond donors (Lipinski definition) is 8. The van der Waals surface area contributed by atoms with Gasteiger partial charge in [-0.15, -0.1) is 0 Å². The number of methoxy groups -OCH3 is 1. The Morgan fingerprint density at radius 3 is 2.51 bits per heavy atom. The van der Waals surface area contributed by atoms with Gasteiger partial charge in [0.05, 0.1) is 32.5 Å². The number of benzene rings is 4. The standard InChI is InChI=1S/C49H62N2O10S2/c1-28(55)25-50-42-24-39-30(17-19-53)5-11-34(4-3-18-52)51-49(40(39)20-33(42)26-54)61-45-23-36(57)13-7-31-9-15-43(58)48(60-2)47(31)37-14-8-29-6-12-35(56)22-38(29)41(37)27-62-63-46-16-10-32(45)21-44(46)59/h6,8-9,12,14-15,20,22,24,30,32,34,44-46,49-54,56,58-59H,3-5,7,10-11,13,16-19,21,23,25-27H2,1-2H3. The summed E-state index contributed by atoms with van der Waals surface area (Å²) in [5.41, 5.74) is 6.27. The lowest BCUT2D eigenvalue weighted by molar-refractivity contribution is -0.129. The number of rotatable bonds is 12. The largest absolute Gasteiger partial charge is 0.508 e. The van der Waals surface area contributed by atoms with Crippen molar-refractivity contribution in [3.8, 4) is 28.4 Å². The van der Waals surface area contributed by atoms with Gasteiger partial charge in [0.1, 0.15) is 23.5 Å². The summed E-state index contributed by atoms with van der Waals surface area (Å²) in [6, 6.07) is 16.6. The fourth-order valence-electron chi connectivity index (χ4n) is 9.82. The minimum atomic E-state index is -0.723. The molecule has 340 valence electrons. The summed E-state index contributed by atoms with van der Waals surface area (Å²) in [6.45, 7) is 1.31. The van der Waals surface area contributed by atoms with E-state index >= 15 is 0 Å². The molecule has 2 bridgehead atoms. The van der Waals surface area contributed by atoms with Crippen molar-refractivity contribution in [2.24, 2.45) is 5.92 Å². The van der Waals surface area contributed by atoms with Crippen molar-refractivity contribution in [2.75, 3.05) is 32.2 Å². The van der Waals surface area contributed by atoms with E-state index in [1.165, 1.54) is 14.0 Å². The molecule has 12 nitrogen and oxygen atoms in total. The Kier molecular flexibility index (Phi) is 16.4. The van der Waals surface area contributed by atoms with Crippen LogP contribution in [-0.4, -0.2) is 92.6 Å². The van der Waals surface area contributed by atoms with E-state index < -0.39 is 18.4 Å². The molecule has 3 aliphatic heterocycles. The van der Waals surface area contributed by atoms with E-state index in [4.69, 9.17) is 9.47 Å². The van der Waals surface area contributed by atoms with Crippen LogP contribution in [0.2, 0.25) is 0 Å². The summed E-state index contributed by atoms with van der Waals surface area (Å²) in [5.74, 6) is 0.694. The van der Waals surface area contributed by atoms with Crippen molar-refractivity contribution in [1.29, 1.82) is 0 Å². The van der Waals surface area contributed by atoms with Crippen LogP contribution in [-0.2, 0) is 33.1 Å². The predicted molar refractivity (Wildman–Crippen MR) is 249 cm³/mol. The number of ketones is 2. The monoisotopic (exact) mass is 902 g/mol. The molecular formula is C49H62N2O10S2. The molecule has 8 N–H and O–H groups in total. The number of Topliss-reactive ketones (excluding diaryl/α,β-unsaturated/α-hetero) is 2. The first-order valence-electron chi connectivity index (χ1n) is 22.3. The second-order valence-corrected chi connectivity index (χ2v) is 20.0. The third kappa shape index (κ3) is 11.2. The van der Waals surface area contributed by atoms with Gasteiger partial charge in [-0.05, 0) is 145 Å². The molecule has 7 atom stereocenters. The van der Waals surface area contributed by atoms with Gasteiger partial charge in [0.15, 0.2) is 11.5 Å². The average Bonchev–Trinajstić information content (AvgIpc) is 3.27. The lowest BCUT2D eigenvalue weighted by atomic mass is 9.80. The van der Waals surface area contributed by atoms with Crippen LogP contribution in [0.3, 0.4) is 0 Å². The quantitative estimate of drug-likeness (QED) is 0.0641. The zero-order chi connectivity index (χ0) is 44.6. The number of fused-ring (bicyclic) bond motifs is 10. The number of aliphatic hydroxyl groups is 4. The van der Waals surface area contributed by atoms with Gasteiger partial charge in [0.2, 0.25) is 0 Å². The molecule has 0 amide bonds. The van der Waals surface area contributed by atoms with Crippen molar-refractivity contribution in [3.05, 3.63) is 82.4 Å². The maximum Gasteiger partial charge on any atom is 0.168 e. The van der Waals surface area contributed by atoms with Gasteiger partial charge < -0.3 is 45.4 Å². The highest BCUT2D eigenvalue weighted by atomic mass is 33.1. The third-order valence-corrected chi connectivity index (χ3v) is 16.0. The molecule has 0 radical (unpaired) electrons. The number of phenols is 2. The molecule has 7 unspecified atom stereocenters. The first kappa shape index (κ1) is 47.1. The lowest BCUT2D eigenvalue weighted by Crippen LogP contribution is -2.43. The van der Waals surface area contributed by atoms with E-state index in [0.717, 1.165) is 57.9 Å². The Bertz CT molecular complexity index is 2240. The molecule has 0 aromatic heterocycles. The van der Waals surface area contributed by atoms with Crippen molar-refractivity contribution in [2.45, 2.75) is 126 Å². The topological polar surface area (TPSA) is 198 Å². The number of phenolic OH excluding ortho intramolecular Hbond substituents is 2. The number of aryl methyl sites for hydroxylation is 1. The van der Waals surface area contributed by atoms with Gasteiger partial charge >= 0.3 is 0 Å². The molecule has 14 heteroatoms. The summed E-state index contributed by atoms with van der Waals surface area (Å²) in [4.78, 5) is 26.5. The van der Waals surface area contributed by atoms with Crippen LogP contribution in [0, 0.1) is 5.92 Å². The Morgan fingerprint density at radius 2 is 1.76 bits per heavy atom. The number of nitrogens with one attached hydrogen (secondary N) is 2. The lowest BCUT2D eigenvalue weighted by Gasteiger charge is -2.40. The fraction of sp³-hybridized carbons (Fsp3) is 0.510. The molecule has 0 saturated heterocycles. The molecule has 8 rings (SSSR count). The van der Waals surface area contributed by atoms with E-state index in [2.05, 4.69) is 10.6 Å². The first-order chi connectivity index (χ1) is 30.5.